The van der Waals surface area contributed by atoms with Crippen LogP contribution in [0.15, 0.2) is 82.4 Å². The van der Waals surface area contributed by atoms with Crippen LogP contribution in [0.4, 0.5) is 10.1 Å². The number of thiazole rings is 1. The fourth-order valence-corrected chi connectivity index (χ4v) is 4.84. The van der Waals surface area contributed by atoms with E-state index in [4.69, 9.17) is 0 Å². The van der Waals surface area contributed by atoms with Crippen molar-refractivity contribution in [2.24, 2.45) is 0 Å². The molecule has 30 heavy (non-hydrogen) atoms. The molecule has 0 fully saturated rings. The number of aryl methyl sites for hydroxylation is 1. The van der Waals surface area contributed by atoms with Crippen LogP contribution in [-0.2, 0) is 6.42 Å². The van der Waals surface area contributed by atoms with Crippen LogP contribution in [0.2, 0.25) is 0 Å². The van der Waals surface area contributed by atoms with Gasteiger partial charge >= 0.3 is 0 Å². The largest absolute Gasteiger partial charge is 0.321 e. The molecule has 0 saturated carbocycles. The lowest BCUT2D eigenvalue weighted by Crippen LogP contribution is -2.09. The van der Waals surface area contributed by atoms with Crippen molar-refractivity contribution in [3.63, 3.8) is 0 Å². The van der Waals surface area contributed by atoms with Crippen molar-refractivity contribution >= 4 is 34.7 Å². The first kappa shape index (κ1) is 20.3. The topological polar surface area (TPSA) is 54.9 Å². The number of anilines is 1. The zero-order valence-corrected chi connectivity index (χ0v) is 17.8. The Morgan fingerprint density at radius 2 is 1.90 bits per heavy atom. The van der Waals surface area contributed by atoms with Crippen LogP contribution in [0.25, 0.3) is 11.1 Å². The molecule has 2 heterocycles. The number of benzene rings is 2. The Balaban J connectivity index is 1.48. The fourth-order valence-electron chi connectivity index (χ4n) is 2.97. The maximum atomic E-state index is 13.0. The highest BCUT2D eigenvalue weighted by Gasteiger charge is 2.13. The van der Waals surface area contributed by atoms with Crippen LogP contribution in [0.3, 0.4) is 0 Å². The summed E-state index contributed by atoms with van der Waals surface area (Å²) in [5, 5.41) is 2.75. The van der Waals surface area contributed by atoms with Gasteiger partial charge in [-0.1, -0.05) is 43.0 Å². The number of hydrogen-bond donors (Lipinski definition) is 1. The van der Waals surface area contributed by atoms with Crippen LogP contribution >= 0.6 is 23.1 Å². The number of pyridine rings is 1. The van der Waals surface area contributed by atoms with E-state index in [1.807, 2.05) is 18.3 Å². The van der Waals surface area contributed by atoms with Crippen LogP contribution in [0, 0.1) is 5.82 Å². The van der Waals surface area contributed by atoms with Gasteiger partial charge in [-0.05, 0) is 47.9 Å². The van der Waals surface area contributed by atoms with E-state index in [9.17, 15) is 9.18 Å². The molecule has 0 aliphatic rings. The van der Waals surface area contributed by atoms with Gasteiger partial charge in [-0.15, -0.1) is 11.3 Å². The van der Waals surface area contributed by atoms with Crippen molar-refractivity contribution in [1.29, 1.82) is 0 Å². The number of rotatable bonds is 6. The second-order valence-electron chi connectivity index (χ2n) is 6.47. The molecule has 0 unspecified atom stereocenters. The molecular weight excluding hydrogens is 417 g/mol. The fraction of sp³-hybridized carbons (Fsp3) is 0.0870. The number of nitrogens with zero attached hydrogens (tertiary/aromatic N) is 2. The maximum absolute atomic E-state index is 13.0. The van der Waals surface area contributed by atoms with Crippen molar-refractivity contribution in [3.05, 3.63) is 89.4 Å². The van der Waals surface area contributed by atoms with Crippen molar-refractivity contribution in [1.82, 2.24) is 9.97 Å². The third kappa shape index (κ3) is 4.75. The number of carbonyl (C=O) groups excluding carboxylic acids is 1. The first-order valence-electron chi connectivity index (χ1n) is 9.36. The van der Waals surface area contributed by atoms with Gasteiger partial charge in [0.15, 0.2) is 4.34 Å². The van der Waals surface area contributed by atoms with E-state index in [1.165, 1.54) is 58.5 Å². The molecule has 0 radical (unpaired) electrons. The van der Waals surface area contributed by atoms with E-state index in [-0.39, 0.29) is 11.7 Å². The summed E-state index contributed by atoms with van der Waals surface area (Å²) in [5.41, 5.74) is 4.04. The molecule has 4 nitrogen and oxygen atoms in total. The summed E-state index contributed by atoms with van der Waals surface area (Å²) in [7, 11) is 0. The molecule has 4 aromatic rings. The second kappa shape index (κ2) is 9.19. The van der Waals surface area contributed by atoms with Gasteiger partial charge in [0.2, 0.25) is 0 Å². The Morgan fingerprint density at radius 3 is 2.70 bits per heavy atom. The third-order valence-corrected chi connectivity index (χ3v) is 6.47. The summed E-state index contributed by atoms with van der Waals surface area (Å²) in [6.07, 6.45) is 6.16. The first-order chi connectivity index (χ1) is 14.6. The van der Waals surface area contributed by atoms with E-state index in [2.05, 4.69) is 40.4 Å². The van der Waals surface area contributed by atoms with Gasteiger partial charge in [-0.2, -0.15) is 0 Å². The Bertz CT molecular complexity index is 1180. The van der Waals surface area contributed by atoms with Gasteiger partial charge in [-0.25, -0.2) is 9.37 Å². The Labute approximate surface area is 182 Å². The van der Waals surface area contributed by atoms with Crippen LogP contribution < -0.4 is 5.32 Å². The summed E-state index contributed by atoms with van der Waals surface area (Å²) in [6.45, 7) is 2.14. The highest BCUT2D eigenvalue weighted by Crippen LogP contribution is 2.34. The van der Waals surface area contributed by atoms with Crippen LogP contribution in [-0.4, -0.2) is 15.9 Å². The van der Waals surface area contributed by atoms with Gasteiger partial charge in [0.05, 0.1) is 6.20 Å². The van der Waals surface area contributed by atoms with Crippen LogP contribution in [0.1, 0.15) is 22.2 Å². The number of nitrogens with one attached hydrogen (secondary N) is 1. The zero-order chi connectivity index (χ0) is 20.9. The van der Waals surface area contributed by atoms with Crippen molar-refractivity contribution in [3.8, 4) is 11.1 Å². The number of aromatic nitrogens is 2. The van der Waals surface area contributed by atoms with Gasteiger partial charge in [0, 0.05) is 28.5 Å². The maximum Gasteiger partial charge on any atom is 0.267 e. The number of carbonyl (C=O) groups is 1. The van der Waals surface area contributed by atoms with E-state index < -0.39 is 0 Å². The highest BCUT2D eigenvalue weighted by molar-refractivity contribution is 8.01. The van der Waals surface area contributed by atoms with Crippen molar-refractivity contribution in [2.45, 2.75) is 22.6 Å². The second-order valence-corrected chi connectivity index (χ2v) is 8.82. The standard InChI is InChI=1S/C23H18FN3OS2/c1-2-15-5-3-4-6-20(15)16-11-19(13-25-12-16)29-23-26-14-21(30-23)22(28)27-18-9-7-17(24)8-10-18/h3-14H,2H2,1H3,(H,27,28). The molecule has 7 heteroatoms. The quantitative estimate of drug-likeness (QED) is 0.386. The molecule has 0 bridgehead atoms. The molecule has 4 rings (SSSR count). The average molecular weight is 436 g/mol. The van der Waals surface area contributed by atoms with E-state index >= 15 is 0 Å². The SMILES string of the molecule is CCc1ccccc1-c1cncc(Sc2ncc(C(=O)Nc3ccc(F)cc3)s2)c1. The Kier molecular flexibility index (Phi) is 6.21. The smallest absolute Gasteiger partial charge is 0.267 e. The minimum atomic E-state index is -0.345. The van der Waals surface area contributed by atoms with Gasteiger partial charge < -0.3 is 5.32 Å². The molecule has 1 N–H and O–H groups in total. The number of amides is 1. The third-order valence-electron chi connectivity index (χ3n) is 4.44. The molecule has 150 valence electrons. The first-order valence-corrected chi connectivity index (χ1v) is 11.0. The lowest BCUT2D eigenvalue weighted by Gasteiger charge is -2.08. The molecule has 0 spiro atoms. The molecule has 0 aliphatic carbocycles. The molecule has 1 amide bonds. The molecular formula is C23H18FN3OS2. The minimum absolute atomic E-state index is 0.269. The zero-order valence-electron chi connectivity index (χ0n) is 16.1. The minimum Gasteiger partial charge on any atom is -0.321 e. The van der Waals surface area contributed by atoms with Gasteiger partial charge in [0.1, 0.15) is 10.7 Å². The lowest BCUT2D eigenvalue weighted by molar-refractivity contribution is 0.103. The molecule has 0 aliphatic heterocycles. The molecule has 0 saturated heterocycles. The van der Waals surface area contributed by atoms with Crippen molar-refractivity contribution < 1.29 is 9.18 Å². The molecule has 0 atom stereocenters. The summed E-state index contributed by atoms with van der Waals surface area (Å²) in [6, 6.07) is 16.0. The Hall–Kier alpha value is -3.03. The molecule has 2 aromatic heterocycles. The van der Waals surface area contributed by atoms with E-state index in [0.29, 0.717) is 10.6 Å². The highest BCUT2D eigenvalue weighted by atomic mass is 32.2. The van der Waals surface area contributed by atoms with Crippen molar-refractivity contribution in [2.75, 3.05) is 5.32 Å². The summed E-state index contributed by atoms with van der Waals surface area (Å²) < 4.78 is 13.8. The number of halogens is 1. The van der Waals surface area contributed by atoms with E-state index in [0.717, 1.165) is 21.2 Å². The van der Waals surface area contributed by atoms with E-state index in [1.54, 1.807) is 12.4 Å². The normalized spacial score (nSPS) is 10.7. The predicted octanol–water partition coefficient (Wildman–Crippen LogP) is 6.31. The summed E-state index contributed by atoms with van der Waals surface area (Å²) >= 11 is 2.78. The molecule has 2 aromatic carbocycles. The lowest BCUT2D eigenvalue weighted by atomic mass is 10.00. The Morgan fingerprint density at radius 1 is 1.10 bits per heavy atom. The number of hydrogen-bond acceptors (Lipinski definition) is 5. The monoisotopic (exact) mass is 435 g/mol. The van der Waals surface area contributed by atoms with Gasteiger partial charge in [0.25, 0.3) is 5.91 Å². The van der Waals surface area contributed by atoms with Crippen LogP contribution in [0.5, 0.6) is 0 Å². The predicted molar refractivity (Wildman–Crippen MR) is 120 cm³/mol. The average Bonchev–Trinajstić information content (AvgIpc) is 3.24. The summed E-state index contributed by atoms with van der Waals surface area (Å²) in [5.74, 6) is -0.614. The van der Waals surface area contributed by atoms with Gasteiger partial charge in [-0.3, -0.25) is 9.78 Å². The summed E-state index contributed by atoms with van der Waals surface area (Å²) in [4.78, 5) is 22.6.